The molecule has 3 N–H and O–H groups in total. The van der Waals surface area contributed by atoms with Gasteiger partial charge in [-0.2, -0.15) is 0 Å². The molecule has 0 aromatic heterocycles. The van der Waals surface area contributed by atoms with Crippen LogP contribution in [0.25, 0.3) is 0 Å². The average molecular weight is 571 g/mol. The number of ether oxygens (including phenoxy) is 2. The van der Waals surface area contributed by atoms with Gasteiger partial charge >= 0.3 is 11.9 Å². The van der Waals surface area contributed by atoms with Gasteiger partial charge in [0.2, 0.25) is 5.75 Å². The number of rotatable bonds is 18. The highest BCUT2D eigenvalue weighted by Crippen LogP contribution is 2.46. The van der Waals surface area contributed by atoms with Gasteiger partial charge in [0, 0.05) is 19.3 Å². The molecular formula is C32H42O9. The molecule has 9 heteroatoms. The molecule has 41 heavy (non-hydrogen) atoms. The number of carbonyl (C=O) groups is 4. The van der Waals surface area contributed by atoms with Crippen LogP contribution in [0.5, 0.6) is 23.0 Å². The van der Waals surface area contributed by atoms with Gasteiger partial charge in [0.1, 0.15) is 12.4 Å². The summed E-state index contributed by atoms with van der Waals surface area (Å²) in [6.45, 7) is 5.62. The van der Waals surface area contributed by atoms with Crippen LogP contribution in [0.1, 0.15) is 134 Å². The van der Waals surface area contributed by atoms with Crippen LogP contribution < -0.4 is 4.74 Å². The van der Waals surface area contributed by atoms with Crippen molar-refractivity contribution in [2.24, 2.45) is 0 Å². The van der Waals surface area contributed by atoms with E-state index in [9.17, 15) is 34.5 Å². The van der Waals surface area contributed by atoms with Crippen LogP contribution in [0.4, 0.5) is 0 Å². The van der Waals surface area contributed by atoms with Crippen LogP contribution >= 0.6 is 0 Å². The maximum Gasteiger partial charge on any atom is 0.340 e. The second kappa shape index (κ2) is 17.0. The van der Waals surface area contributed by atoms with Gasteiger partial charge in [0.05, 0.1) is 16.7 Å². The number of ketones is 2. The summed E-state index contributed by atoms with van der Waals surface area (Å²) in [5.74, 6) is -5.61. The van der Waals surface area contributed by atoms with Crippen LogP contribution in [0.15, 0.2) is 24.3 Å². The smallest absolute Gasteiger partial charge is 0.340 e. The van der Waals surface area contributed by atoms with Gasteiger partial charge in [0.25, 0.3) is 0 Å². The zero-order valence-corrected chi connectivity index (χ0v) is 24.3. The number of aromatic hydroxyl groups is 3. The summed E-state index contributed by atoms with van der Waals surface area (Å²) in [6.07, 6.45) is 6.03. The molecule has 0 saturated heterocycles. The van der Waals surface area contributed by atoms with Crippen LogP contribution in [0.3, 0.4) is 0 Å². The topological polar surface area (TPSA) is 147 Å². The molecule has 9 nitrogen and oxygen atoms in total. The van der Waals surface area contributed by atoms with Crippen molar-refractivity contribution in [1.29, 1.82) is 0 Å². The molecule has 2 aromatic carbocycles. The molecule has 0 bridgehead atoms. The minimum absolute atomic E-state index is 0.00413. The second-order valence-electron chi connectivity index (χ2n) is 10.1. The van der Waals surface area contributed by atoms with E-state index in [1.165, 1.54) is 24.3 Å². The Labute approximate surface area is 241 Å². The van der Waals surface area contributed by atoms with Crippen LogP contribution in [-0.4, -0.2) is 38.8 Å². The Kier molecular flexibility index (Phi) is 13.9. The highest BCUT2D eigenvalue weighted by molar-refractivity contribution is 6.17. The van der Waals surface area contributed by atoms with E-state index in [0.29, 0.717) is 31.2 Å². The zero-order chi connectivity index (χ0) is 30.4. The Morgan fingerprint density at radius 1 is 0.634 bits per heavy atom. The predicted molar refractivity (Wildman–Crippen MR) is 154 cm³/mol. The van der Waals surface area contributed by atoms with Crippen molar-refractivity contribution < 1.29 is 44.0 Å². The summed E-state index contributed by atoms with van der Waals surface area (Å²) in [6, 6.07) is 5.90. The number of phenols is 3. The summed E-state index contributed by atoms with van der Waals surface area (Å²) in [5, 5.41) is 31.5. The number of unbranched alkanes of at least 4 members (excludes halogenated alkanes) is 6. The lowest BCUT2D eigenvalue weighted by Gasteiger charge is -2.20. The number of hydrogen-bond acceptors (Lipinski definition) is 9. The number of hydrogen-bond donors (Lipinski definition) is 3. The van der Waals surface area contributed by atoms with Gasteiger partial charge < -0.3 is 24.8 Å². The first-order valence-electron chi connectivity index (χ1n) is 14.5. The minimum Gasteiger partial charge on any atom is -0.508 e. The zero-order valence-electron chi connectivity index (χ0n) is 24.3. The van der Waals surface area contributed by atoms with E-state index in [0.717, 1.165) is 32.1 Å². The second-order valence-corrected chi connectivity index (χ2v) is 10.1. The van der Waals surface area contributed by atoms with Crippen molar-refractivity contribution in [1.82, 2.24) is 0 Å². The van der Waals surface area contributed by atoms with E-state index in [4.69, 9.17) is 9.47 Å². The molecule has 0 atom stereocenters. The lowest BCUT2D eigenvalue weighted by atomic mass is 9.89. The monoisotopic (exact) mass is 570 g/mol. The number of phenolic OH excluding ortho intramolecular Hbond substituents is 3. The summed E-state index contributed by atoms with van der Waals surface area (Å²) in [7, 11) is 0. The predicted octanol–water partition coefficient (Wildman–Crippen LogP) is 7.17. The summed E-state index contributed by atoms with van der Waals surface area (Å²) in [5.41, 5.74) is -0.986. The van der Waals surface area contributed by atoms with Crippen molar-refractivity contribution >= 4 is 23.5 Å². The number of Topliss-reactive ketones (excluding diaryl/α,β-unsaturated/α-hetero) is 2. The summed E-state index contributed by atoms with van der Waals surface area (Å²) in [4.78, 5) is 53.2. The third kappa shape index (κ3) is 9.62. The SMILES string of the molecule is CCCCCC(=O)Oc1c(O)c(O)c(C(=O)CCCCC)c(C(=O)OCc2ccc(O)cc2)c1C(=O)CCCCC. The van der Waals surface area contributed by atoms with Gasteiger partial charge in [0.15, 0.2) is 23.1 Å². The highest BCUT2D eigenvalue weighted by atomic mass is 16.5. The number of carbonyl (C=O) groups excluding carboxylic acids is 4. The first-order valence-corrected chi connectivity index (χ1v) is 14.5. The maximum absolute atomic E-state index is 13.6. The molecular weight excluding hydrogens is 528 g/mol. The first-order chi connectivity index (χ1) is 19.7. The standard InChI is InChI=1S/C32H42O9/c1-4-7-10-13-23(34)26-28(32(39)40-20-21-16-18-22(33)19-17-21)27(24(35)14-11-8-5-2)31(30(38)29(26)37)41-25(36)15-12-9-6-3/h16-19,33,37-38H,4-15,20H2,1-3H3. The van der Waals surface area contributed by atoms with Crippen molar-refractivity contribution in [2.75, 3.05) is 0 Å². The molecule has 224 valence electrons. The Morgan fingerprint density at radius 3 is 1.68 bits per heavy atom. The van der Waals surface area contributed by atoms with Crippen LogP contribution in [0, 0.1) is 0 Å². The average Bonchev–Trinajstić information content (AvgIpc) is 2.95. The molecule has 0 amide bonds. The lowest BCUT2D eigenvalue weighted by Crippen LogP contribution is -2.21. The lowest BCUT2D eigenvalue weighted by molar-refractivity contribution is -0.134. The van der Waals surface area contributed by atoms with Gasteiger partial charge in [-0.15, -0.1) is 0 Å². The Hall–Kier alpha value is -3.88. The first kappa shape index (κ1) is 33.3. The normalized spacial score (nSPS) is 10.8. The molecule has 0 unspecified atom stereocenters. The van der Waals surface area contributed by atoms with Gasteiger partial charge in [-0.25, -0.2) is 4.79 Å². The van der Waals surface area contributed by atoms with E-state index in [2.05, 4.69) is 0 Å². The third-order valence-corrected chi connectivity index (χ3v) is 6.69. The van der Waals surface area contributed by atoms with Gasteiger partial charge in [-0.3, -0.25) is 14.4 Å². The van der Waals surface area contributed by atoms with Gasteiger partial charge in [-0.1, -0.05) is 71.4 Å². The van der Waals surface area contributed by atoms with E-state index >= 15 is 0 Å². The summed E-state index contributed by atoms with van der Waals surface area (Å²) >= 11 is 0. The fourth-order valence-corrected chi connectivity index (χ4v) is 4.36. The Morgan fingerprint density at radius 2 is 1.15 bits per heavy atom. The maximum atomic E-state index is 13.6. The van der Waals surface area contributed by atoms with E-state index in [-0.39, 0.29) is 31.6 Å². The van der Waals surface area contributed by atoms with Crippen molar-refractivity contribution in [3.8, 4) is 23.0 Å². The fourth-order valence-electron chi connectivity index (χ4n) is 4.36. The fraction of sp³-hybridized carbons (Fsp3) is 0.500. The Balaban J connectivity index is 2.68. The van der Waals surface area contributed by atoms with E-state index in [1.54, 1.807) is 0 Å². The molecule has 0 aliphatic rings. The Bertz CT molecular complexity index is 1200. The number of esters is 2. The molecule has 2 aromatic rings. The largest absolute Gasteiger partial charge is 0.508 e. The molecule has 0 saturated carbocycles. The van der Waals surface area contributed by atoms with E-state index < -0.39 is 57.4 Å². The van der Waals surface area contributed by atoms with Crippen molar-refractivity contribution in [2.45, 2.75) is 104 Å². The third-order valence-electron chi connectivity index (χ3n) is 6.69. The highest BCUT2D eigenvalue weighted by Gasteiger charge is 2.36. The quantitative estimate of drug-likeness (QED) is 0.0557. The molecule has 0 spiro atoms. The van der Waals surface area contributed by atoms with Crippen molar-refractivity contribution in [3.63, 3.8) is 0 Å². The van der Waals surface area contributed by atoms with E-state index in [1.807, 2.05) is 20.8 Å². The molecule has 0 heterocycles. The molecule has 0 radical (unpaired) electrons. The molecule has 0 fully saturated rings. The molecule has 0 aliphatic carbocycles. The molecule has 0 aliphatic heterocycles. The van der Waals surface area contributed by atoms with Gasteiger partial charge in [-0.05, 0) is 37.0 Å². The van der Waals surface area contributed by atoms with Crippen LogP contribution in [0.2, 0.25) is 0 Å². The van der Waals surface area contributed by atoms with Crippen molar-refractivity contribution in [3.05, 3.63) is 46.5 Å². The number of benzene rings is 2. The summed E-state index contributed by atoms with van der Waals surface area (Å²) < 4.78 is 10.9. The van der Waals surface area contributed by atoms with Crippen LogP contribution in [-0.2, 0) is 16.1 Å². The minimum atomic E-state index is -1.09. The molecule has 2 rings (SSSR count).